The molecule has 2 rings (SSSR count). The van der Waals surface area contributed by atoms with Crippen molar-refractivity contribution in [2.75, 3.05) is 12.4 Å². The third-order valence-corrected chi connectivity index (χ3v) is 2.10. The van der Waals surface area contributed by atoms with Crippen LogP contribution < -0.4 is 16.6 Å². The molecule has 0 saturated carbocycles. The smallest absolute Gasteiger partial charge is 0.326 e. The molecule has 0 unspecified atom stereocenters. The molecule has 3 N–H and O–H groups in total. The van der Waals surface area contributed by atoms with Crippen LogP contribution in [0.15, 0.2) is 21.7 Å². The first kappa shape index (κ1) is 9.45. The lowest BCUT2D eigenvalue weighted by molar-refractivity contribution is 0.633. The van der Waals surface area contributed by atoms with E-state index in [0.29, 0.717) is 5.52 Å². The van der Waals surface area contributed by atoms with E-state index in [0.717, 1.165) is 6.07 Å². The summed E-state index contributed by atoms with van der Waals surface area (Å²) in [4.78, 5) is 26.7. The van der Waals surface area contributed by atoms with E-state index in [1.807, 2.05) is 4.98 Å². The Bertz CT molecular complexity index is 629. The van der Waals surface area contributed by atoms with E-state index in [1.54, 1.807) is 7.05 Å². The van der Waals surface area contributed by atoms with E-state index < -0.39 is 17.1 Å². The maximum atomic E-state index is 13.3. The van der Waals surface area contributed by atoms with E-state index in [4.69, 9.17) is 0 Å². The van der Waals surface area contributed by atoms with Crippen molar-refractivity contribution in [3.05, 3.63) is 38.8 Å². The fourth-order valence-electron chi connectivity index (χ4n) is 1.38. The number of H-pyrrole nitrogens is 2. The molecule has 0 fully saturated rings. The molecule has 0 atom stereocenters. The normalized spacial score (nSPS) is 10.5. The highest BCUT2D eigenvalue weighted by Crippen LogP contribution is 2.17. The van der Waals surface area contributed by atoms with Crippen LogP contribution in [0.3, 0.4) is 0 Å². The highest BCUT2D eigenvalue weighted by Gasteiger charge is 2.06. The molecule has 0 saturated heterocycles. The Hall–Kier alpha value is -2.11. The minimum Gasteiger partial charge on any atom is -0.386 e. The van der Waals surface area contributed by atoms with Gasteiger partial charge < -0.3 is 10.3 Å². The van der Waals surface area contributed by atoms with Crippen LogP contribution in [0.2, 0.25) is 0 Å². The Labute approximate surface area is 83.0 Å². The molecule has 1 aromatic heterocycles. The molecule has 0 radical (unpaired) electrons. The van der Waals surface area contributed by atoms with Crippen molar-refractivity contribution in [2.24, 2.45) is 0 Å². The Kier molecular flexibility index (Phi) is 2.03. The van der Waals surface area contributed by atoms with Gasteiger partial charge in [-0.3, -0.25) is 9.78 Å². The zero-order valence-corrected chi connectivity index (χ0v) is 7.85. The van der Waals surface area contributed by atoms with Gasteiger partial charge in [0, 0.05) is 7.05 Å². The number of rotatable bonds is 1. The average molecular weight is 209 g/mol. The average Bonchev–Trinajstić information content (AvgIpc) is 2.18. The monoisotopic (exact) mass is 209 g/mol. The van der Waals surface area contributed by atoms with Crippen molar-refractivity contribution in [1.29, 1.82) is 0 Å². The molecule has 15 heavy (non-hydrogen) atoms. The van der Waals surface area contributed by atoms with Crippen molar-refractivity contribution in [3.8, 4) is 0 Å². The summed E-state index contributed by atoms with van der Waals surface area (Å²) in [7, 11) is 1.55. The highest BCUT2D eigenvalue weighted by molar-refractivity contribution is 5.81. The molecule has 2 aromatic rings. The van der Waals surface area contributed by atoms with Crippen molar-refractivity contribution in [2.45, 2.75) is 0 Å². The van der Waals surface area contributed by atoms with Crippen molar-refractivity contribution >= 4 is 16.6 Å². The second kappa shape index (κ2) is 3.23. The summed E-state index contributed by atoms with van der Waals surface area (Å²) in [6, 6.07) is 2.46. The van der Waals surface area contributed by atoms with Crippen molar-refractivity contribution in [3.63, 3.8) is 0 Å². The van der Waals surface area contributed by atoms with E-state index in [1.165, 1.54) is 6.07 Å². The van der Waals surface area contributed by atoms with Crippen LogP contribution in [0.25, 0.3) is 10.9 Å². The minimum atomic E-state index is -0.610. The second-order valence-electron chi connectivity index (χ2n) is 3.04. The van der Waals surface area contributed by atoms with Crippen LogP contribution in [0.4, 0.5) is 10.1 Å². The molecule has 6 heteroatoms. The summed E-state index contributed by atoms with van der Waals surface area (Å²) < 4.78 is 13.3. The number of aromatic nitrogens is 2. The van der Waals surface area contributed by atoms with E-state index in [2.05, 4.69) is 10.3 Å². The van der Waals surface area contributed by atoms with Gasteiger partial charge in [-0.2, -0.15) is 0 Å². The maximum Gasteiger partial charge on any atom is 0.326 e. The Morgan fingerprint density at radius 2 is 2.00 bits per heavy atom. The predicted octanol–water partition coefficient (Wildman–Crippen LogP) is 0.397. The van der Waals surface area contributed by atoms with Crippen molar-refractivity contribution < 1.29 is 4.39 Å². The molecule has 1 heterocycles. The fourth-order valence-corrected chi connectivity index (χ4v) is 1.38. The Morgan fingerprint density at radius 3 is 2.67 bits per heavy atom. The summed E-state index contributed by atoms with van der Waals surface area (Å²) in [5.74, 6) is -0.539. The number of benzene rings is 1. The molecule has 0 bridgehead atoms. The first-order valence-corrected chi connectivity index (χ1v) is 4.25. The zero-order chi connectivity index (χ0) is 11.0. The first-order valence-electron chi connectivity index (χ1n) is 4.25. The summed E-state index contributed by atoms with van der Waals surface area (Å²) in [5.41, 5.74) is -0.685. The topological polar surface area (TPSA) is 77.8 Å². The van der Waals surface area contributed by atoms with Gasteiger partial charge in [0.15, 0.2) is 0 Å². The third kappa shape index (κ3) is 1.50. The van der Waals surface area contributed by atoms with Crippen molar-refractivity contribution in [1.82, 2.24) is 9.97 Å². The summed E-state index contributed by atoms with van der Waals surface area (Å²) in [6.45, 7) is 0. The molecular formula is C9H8FN3O2. The summed E-state index contributed by atoms with van der Waals surface area (Å²) in [5, 5.41) is 2.73. The third-order valence-electron chi connectivity index (χ3n) is 2.10. The van der Waals surface area contributed by atoms with E-state index in [-0.39, 0.29) is 11.1 Å². The second-order valence-corrected chi connectivity index (χ2v) is 3.04. The number of nitrogens with one attached hydrogen (secondary N) is 3. The van der Waals surface area contributed by atoms with E-state index in [9.17, 15) is 14.0 Å². The maximum absolute atomic E-state index is 13.3. The first-order chi connectivity index (χ1) is 7.11. The molecule has 1 aromatic carbocycles. The Morgan fingerprint density at radius 1 is 1.27 bits per heavy atom. The molecule has 0 aliphatic heterocycles. The molecular weight excluding hydrogens is 201 g/mol. The van der Waals surface area contributed by atoms with Crippen LogP contribution in [0, 0.1) is 5.82 Å². The van der Waals surface area contributed by atoms with Crippen LogP contribution >= 0.6 is 0 Å². The van der Waals surface area contributed by atoms with Gasteiger partial charge in [0.2, 0.25) is 0 Å². The van der Waals surface area contributed by atoms with Gasteiger partial charge in [0.1, 0.15) is 5.82 Å². The number of hydrogen-bond acceptors (Lipinski definition) is 3. The number of halogens is 1. The summed E-state index contributed by atoms with van der Waals surface area (Å²) in [6.07, 6.45) is 0. The SMILES string of the molecule is CNc1cc2[nH]c(=O)[nH]c(=O)c2cc1F. The van der Waals surface area contributed by atoms with Crippen LogP contribution in [-0.4, -0.2) is 17.0 Å². The van der Waals surface area contributed by atoms with Gasteiger partial charge in [-0.1, -0.05) is 0 Å². The van der Waals surface area contributed by atoms with E-state index >= 15 is 0 Å². The number of hydrogen-bond donors (Lipinski definition) is 3. The van der Waals surface area contributed by atoms with Crippen LogP contribution in [0.1, 0.15) is 0 Å². The quantitative estimate of drug-likeness (QED) is 0.636. The molecule has 78 valence electrons. The Balaban J connectivity index is 2.93. The lowest BCUT2D eigenvalue weighted by Gasteiger charge is -2.03. The van der Waals surface area contributed by atoms with Gasteiger partial charge in [-0.25, -0.2) is 9.18 Å². The zero-order valence-electron chi connectivity index (χ0n) is 7.85. The fraction of sp³-hybridized carbons (Fsp3) is 0.111. The minimum absolute atomic E-state index is 0.117. The van der Waals surface area contributed by atoms with Gasteiger partial charge in [-0.05, 0) is 12.1 Å². The molecule has 0 amide bonds. The molecule has 0 spiro atoms. The highest BCUT2D eigenvalue weighted by atomic mass is 19.1. The lowest BCUT2D eigenvalue weighted by Crippen LogP contribution is -2.22. The molecule has 0 aliphatic rings. The molecule has 0 aliphatic carbocycles. The van der Waals surface area contributed by atoms with Gasteiger partial charge >= 0.3 is 5.69 Å². The van der Waals surface area contributed by atoms with Gasteiger partial charge in [0.25, 0.3) is 5.56 Å². The van der Waals surface area contributed by atoms with Gasteiger partial charge in [-0.15, -0.1) is 0 Å². The predicted molar refractivity (Wildman–Crippen MR) is 54.7 cm³/mol. The van der Waals surface area contributed by atoms with Crippen LogP contribution in [0.5, 0.6) is 0 Å². The largest absolute Gasteiger partial charge is 0.386 e. The number of fused-ring (bicyclic) bond motifs is 1. The number of aromatic amines is 2. The number of anilines is 1. The van der Waals surface area contributed by atoms with Crippen LogP contribution in [-0.2, 0) is 0 Å². The summed E-state index contributed by atoms with van der Waals surface area (Å²) >= 11 is 0. The lowest BCUT2D eigenvalue weighted by atomic mass is 10.2. The van der Waals surface area contributed by atoms with Gasteiger partial charge in [0.05, 0.1) is 16.6 Å². The standard InChI is InChI=1S/C9H8FN3O2/c1-11-7-3-6-4(2-5(7)10)8(14)13-9(15)12-6/h2-3,11H,1H3,(H2,12,13,14,15). The molecule has 5 nitrogen and oxygen atoms in total.